The molecular weight excluding hydrogens is 258 g/mol. The Morgan fingerprint density at radius 1 is 1.53 bits per heavy atom. The summed E-state index contributed by atoms with van der Waals surface area (Å²) in [6.45, 7) is 1.95. The van der Waals surface area contributed by atoms with Crippen LogP contribution in [0.5, 0.6) is 0 Å². The molecule has 2 N–H and O–H groups in total. The molecule has 0 aromatic heterocycles. The van der Waals surface area contributed by atoms with Crippen molar-refractivity contribution in [3.8, 4) is 0 Å². The molecule has 94 valence electrons. The van der Waals surface area contributed by atoms with E-state index < -0.39 is 0 Å². The summed E-state index contributed by atoms with van der Waals surface area (Å²) in [6, 6.07) is 7.43. The molecule has 0 aliphatic heterocycles. The fourth-order valence-electron chi connectivity index (χ4n) is 1.29. The molecule has 1 amide bonds. The number of amides is 1. The molecule has 0 saturated heterocycles. The minimum atomic E-state index is -0.0455. The lowest BCUT2D eigenvalue weighted by Gasteiger charge is -2.12. The average Bonchev–Trinajstić information content (AvgIpc) is 2.28. The second-order valence-corrected chi connectivity index (χ2v) is 5.12. The zero-order valence-corrected chi connectivity index (χ0v) is 11.2. The number of carbonyl (C=O) groups is 1. The molecule has 0 fully saturated rings. The molecule has 1 unspecified atom stereocenters. The number of aliphatic hydroxyl groups is 1. The van der Waals surface area contributed by atoms with Crippen LogP contribution in [-0.2, 0) is 4.79 Å². The highest BCUT2D eigenvalue weighted by Gasteiger charge is 2.08. The Bertz CT molecular complexity index is 373. The van der Waals surface area contributed by atoms with Gasteiger partial charge in [-0.25, -0.2) is 0 Å². The molecule has 17 heavy (non-hydrogen) atoms. The SMILES string of the molecule is CC(CCO)NC(=O)CSc1ccccc1Cl. The smallest absolute Gasteiger partial charge is 0.230 e. The minimum absolute atomic E-state index is 0.000606. The van der Waals surface area contributed by atoms with E-state index in [-0.39, 0.29) is 18.6 Å². The number of halogens is 1. The molecule has 1 aromatic rings. The molecule has 1 rings (SSSR count). The topological polar surface area (TPSA) is 49.3 Å². The van der Waals surface area contributed by atoms with Crippen LogP contribution >= 0.6 is 23.4 Å². The van der Waals surface area contributed by atoms with Crippen LogP contribution in [0.25, 0.3) is 0 Å². The van der Waals surface area contributed by atoms with Crippen molar-refractivity contribution in [2.75, 3.05) is 12.4 Å². The number of hydrogen-bond acceptors (Lipinski definition) is 3. The Labute approximate surface area is 111 Å². The predicted octanol–water partition coefficient (Wildman–Crippen LogP) is 2.32. The van der Waals surface area contributed by atoms with Gasteiger partial charge in [-0.2, -0.15) is 0 Å². The van der Waals surface area contributed by atoms with E-state index in [1.807, 2.05) is 25.1 Å². The number of benzene rings is 1. The van der Waals surface area contributed by atoms with Crippen LogP contribution in [0.4, 0.5) is 0 Å². The summed E-state index contributed by atoms with van der Waals surface area (Å²) in [7, 11) is 0. The molecule has 1 atom stereocenters. The third-order valence-electron chi connectivity index (χ3n) is 2.16. The predicted molar refractivity (Wildman–Crippen MR) is 71.5 cm³/mol. The number of hydrogen-bond donors (Lipinski definition) is 2. The standard InChI is InChI=1S/C12H16ClNO2S/c1-9(6-7-15)14-12(16)8-17-11-5-3-2-4-10(11)13/h2-5,9,15H,6-8H2,1H3,(H,14,16). The molecule has 3 nitrogen and oxygen atoms in total. The van der Waals surface area contributed by atoms with E-state index in [0.717, 1.165) is 4.90 Å². The van der Waals surface area contributed by atoms with E-state index in [0.29, 0.717) is 17.2 Å². The molecule has 0 bridgehead atoms. The van der Waals surface area contributed by atoms with Gasteiger partial charge in [0.05, 0.1) is 10.8 Å². The van der Waals surface area contributed by atoms with Gasteiger partial charge in [-0.15, -0.1) is 11.8 Å². The molecule has 1 aromatic carbocycles. The first-order valence-corrected chi connectivity index (χ1v) is 6.77. The fourth-order valence-corrected chi connectivity index (χ4v) is 2.34. The Balaban J connectivity index is 2.36. The van der Waals surface area contributed by atoms with Gasteiger partial charge in [0.15, 0.2) is 0 Å². The maximum Gasteiger partial charge on any atom is 0.230 e. The maximum absolute atomic E-state index is 11.6. The van der Waals surface area contributed by atoms with Crippen molar-refractivity contribution in [1.82, 2.24) is 5.32 Å². The Morgan fingerprint density at radius 2 is 2.24 bits per heavy atom. The van der Waals surface area contributed by atoms with Crippen LogP contribution < -0.4 is 5.32 Å². The Morgan fingerprint density at radius 3 is 2.88 bits per heavy atom. The Kier molecular flexibility index (Phi) is 6.40. The Hall–Kier alpha value is -0.710. The van der Waals surface area contributed by atoms with Crippen molar-refractivity contribution in [2.45, 2.75) is 24.3 Å². The van der Waals surface area contributed by atoms with Crippen LogP contribution in [0, 0.1) is 0 Å². The van der Waals surface area contributed by atoms with Crippen LogP contribution in [0.1, 0.15) is 13.3 Å². The summed E-state index contributed by atoms with van der Waals surface area (Å²) in [4.78, 5) is 12.5. The summed E-state index contributed by atoms with van der Waals surface area (Å²) in [5.41, 5.74) is 0. The van der Waals surface area contributed by atoms with Gasteiger partial charge < -0.3 is 10.4 Å². The number of thioether (sulfide) groups is 1. The number of carbonyl (C=O) groups excluding carboxylic acids is 1. The molecule has 0 saturated carbocycles. The van der Waals surface area contributed by atoms with Crippen molar-refractivity contribution >= 4 is 29.3 Å². The highest BCUT2D eigenvalue weighted by molar-refractivity contribution is 8.00. The van der Waals surface area contributed by atoms with Gasteiger partial charge in [0.1, 0.15) is 0 Å². The lowest BCUT2D eigenvalue weighted by atomic mass is 10.2. The van der Waals surface area contributed by atoms with E-state index >= 15 is 0 Å². The molecular formula is C12H16ClNO2S. The molecule has 0 heterocycles. The summed E-state index contributed by atoms with van der Waals surface area (Å²) >= 11 is 7.39. The molecule has 0 spiro atoms. The highest BCUT2D eigenvalue weighted by Crippen LogP contribution is 2.26. The zero-order chi connectivity index (χ0) is 12.7. The lowest BCUT2D eigenvalue weighted by molar-refractivity contribution is -0.119. The first kappa shape index (κ1) is 14.4. The van der Waals surface area contributed by atoms with Crippen molar-refractivity contribution in [1.29, 1.82) is 0 Å². The number of nitrogens with one attached hydrogen (secondary N) is 1. The van der Waals surface area contributed by atoms with Crippen molar-refractivity contribution in [3.05, 3.63) is 29.3 Å². The van der Waals surface area contributed by atoms with Gasteiger partial charge in [0, 0.05) is 17.5 Å². The quantitative estimate of drug-likeness (QED) is 0.782. The average molecular weight is 274 g/mol. The van der Waals surface area contributed by atoms with E-state index in [2.05, 4.69) is 5.32 Å². The van der Waals surface area contributed by atoms with Crippen LogP contribution in [0.15, 0.2) is 29.2 Å². The van der Waals surface area contributed by atoms with E-state index in [1.165, 1.54) is 11.8 Å². The minimum Gasteiger partial charge on any atom is -0.396 e. The van der Waals surface area contributed by atoms with Gasteiger partial charge in [-0.1, -0.05) is 23.7 Å². The monoisotopic (exact) mass is 273 g/mol. The van der Waals surface area contributed by atoms with Gasteiger partial charge in [0.2, 0.25) is 5.91 Å². The second-order valence-electron chi connectivity index (χ2n) is 3.70. The van der Waals surface area contributed by atoms with Crippen LogP contribution in [0.2, 0.25) is 5.02 Å². The third kappa shape index (κ3) is 5.44. The van der Waals surface area contributed by atoms with Gasteiger partial charge in [0.25, 0.3) is 0 Å². The normalized spacial score (nSPS) is 12.2. The summed E-state index contributed by atoms with van der Waals surface area (Å²) in [5, 5.41) is 12.2. The van der Waals surface area contributed by atoms with Crippen molar-refractivity contribution in [2.24, 2.45) is 0 Å². The van der Waals surface area contributed by atoms with E-state index in [1.54, 1.807) is 6.07 Å². The summed E-state index contributed by atoms with van der Waals surface area (Å²) < 4.78 is 0. The second kappa shape index (κ2) is 7.58. The number of rotatable bonds is 6. The fraction of sp³-hybridized carbons (Fsp3) is 0.417. The highest BCUT2D eigenvalue weighted by atomic mass is 35.5. The van der Waals surface area contributed by atoms with E-state index in [4.69, 9.17) is 16.7 Å². The maximum atomic E-state index is 11.6. The zero-order valence-electron chi connectivity index (χ0n) is 9.65. The van der Waals surface area contributed by atoms with Crippen LogP contribution in [-0.4, -0.2) is 29.4 Å². The van der Waals surface area contributed by atoms with Crippen molar-refractivity contribution < 1.29 is 9.90 Å². The van der Waals surface area contributed by atoms with Gasteiger partial charge in [-0.3, -0.25) is 4.79 Å². The summed E-state index contributed by atoms with van der Waals surface area (Å²) in [6.07, 6.45) is 0.572. The van der Waals surface area contributed by atoms with Crippen molar-refractivity contribution in [3.63, 3.8) is 0 Å². The summed E-state index contributed by atoms with van der Waals surface area (Å²) in [5.74, 6) is 0.287. The first-order chi connectivity index (χ1) is 8.13. The van der Waals surface area contributed by atoms with Crippen LogP contribution in [0.3, 0.4) is 0 Å². The third-order valence-corrected chi connectivity index (χ3v) is 3.68. The number of aliphatic hydroxyl groups excluding tert-OH is 1. The van der Waals surface area contributed by atoms with Gasteiger partial charge >= 0.3 is 0 Å². The molecule has 0 radical (unpaired) electrons. The largest absolute Gasteiger partial charge is 0.396 e. The van der Waals surface area contributed by atoms with Gasteiger partial charge in [-0.05, 0) is 25.5 Å². The van der Waals surface area contributed by atoms with E-state index in [9.17, 15) is 4.79 Å². The lowest BCUT2D eigenvalue weighted by Crippen LogP contribution is -2.34. The molecule has 5 heteroatoms. The molecule has 0 aliphatic rings. The first-order valence-electron chi connectivity index (χ1n) is 5.41. The molecule has 0 aliphatic carbocycles.